The van der Waals surface area contributed by atoms with Gasteiger partial charge in [-0.3, -0.25) is 0 Å². The fraction of sp³-hybridized carbons (Fsp3) is 0.647. The summed E-state index contributed by atoms with van der Waals surface area (Å²) in [4.78, 5) is 0. The Morgan fingerprint density at radius 3 is 2.63 bits per heavy atom. The van der Waals surface area contributed by atoms with Crippen LogP contribution in [0.15, 0.2) is 30.3 Å². The van der Waals surface area contributed by atoms with Gasteiger partial charge in [0.15, 0.2) is 0 Å². The third-order valence-electron chi connectivity index (χ3n) is 5.12. The summed E-state index contributed by atoms with van der Waals surface area (Å²) in [5.41, 5.74) is 8.30. The van der Waals surface area contributed by atoms with Gasteiger partial charge in [0.05, 0.1) is 6.61 Å². The summed E-state index contributed by atoms with van der Waals surface area (Å²) in [6.07, 6.45) is 7.38. The lowest BCUT2D eigenvalue weighted by molar-refractivity contribution is 0.00356. The van der Waals surface area contributed by atoms with E-state index < -0.39 is 0 Å². The Kier molecular flexibility index (Phi) is 3.90. The minimum absolute atomic E-state index is 0.0555. The van der Waals surface area contributed by atoms with Gasteiger partial charge in [-0.05, 0) is 31.2 Å². The minimum Gasteiger partial charge on any atom is -0.381 e. The van der Waals surface area contributed by atoms with E-state index in [2.05, 4.69) is 30.3 Å². The highest BCUT2D eigenvalue weighted by Gasteiger charge is 2.44. The molecule has 1 aromatic carbocycles. The molecule has 104 valence electrons. The zero-order valence-corrected chi connectivity index (χ0v) is 11.7. The van der Waals surface area contributed by atoms with Crippen LogP contribution >= 0.6 is 0 Å². The van der Waals surface area contributed by atoms with Gasteiger partial charge in [-0.15, -0.1) is 0 Å². The van der Waals surface area contributed by atoms with Gasteiger partial charge in [0.1, 0.15) is 0 Å². The highest BCUT2D eigenvalue weighted by Crippen LogP contribution is 2.45. The van der Waals surface area contributed by atoms with Gasteiger partial charge in [-0.2, -0.15) is 0 Å². The van der Waals surface area contributed by atoms with Crippen LogP contribution in [-0.2, 0) is 4.74 Å². The average molecular weight is 259 g/mol. The number of hydrogen-bond acceptors (Lipinski definition) is 2. The van der Waals surface area contributed by atoms with Crippen molar-refractivity contribution in [2.75, 3.05) is 13.2 Å². The van der Waals surface area contributed by atoms with E-state index >= 15 is 0 Å². The summed E-state index contributed by atoms with van der Waals surface area (Å²) >= 11 is 0. The molecule has 0 spiro atoms. The molecule has 2 N–H and O–H groups in total. The van der Waals surface area contributed by atoms with Crippen molar-refractivity contribution in [3.63, 3.8) is 0 Å². The smallest absolute Gasteiger partial charge is 0.0512 e. The van der Waals surface area contributed by atoms with Gasteiger partial charge in [-0.1, -0.05) is 43.2 Å². The number of nitrogens with two attached hydrogens (primary N) is 1. The Hall–Kier alpha value is -0.860. The normalized spacial score (nSPS) is 36.1. The Bertz CT molecular complexity index is 399. The van der Waals surface area contributed by atoms with Crippen LogP contribution in [0.1, 0.15) is 50.0 Å². The first-order valence-electron chi connectivity index (χ1n) is 7.72. The largest absolute Gasteiger partial charge is 0.381 e. The van der Waals surface area contributed by atoms with Crippen molar-refractivity contribution >= 4 is 0 Å². The Labute approximate surface area is 116 Å². The molecule has 0 radical (unpaired) electrons. The van der Waals surface area contributed by atoms with Crippen molar-refractivity contribution in [3.8, 4) is 0 Å². The summed E-state index contributed by atoms with van der Waals surface area (Å²) in [6, 6.07) is 10.9. The molecule has 1 heterocycles. The van der Waals surface area contributed by atoms with Gasteiger partial charge < -0.3 is 10.5 Å². The quantitative estimate of drug-likeness (QED) is 0.882. The lowest BCUT2D eigenvalue weighted by Crippen LogP contribution is -2.56. The molecular formula is C17H25NO. The number of hydrogen-bond donors (Lipinski definition) is 1. The van der Waals surface area contributed by atoms with E-state index in [4.69, 9.17) is 10.5 Å². The molecule has 3 rings (SSSR count). The zero-order chi connectivity index (χ0) is 13.1. The van der Waals surface area contributed by atoms with Crippen molar-refractivity contribution in [2.45, 2.75) is 50.0 Å². The number of benzene rings is 1. The predicted molar refractivity (Wildman–Crippen MR) is 78.1 cm³/mol. The van der Waals surface area contributed by atoms with Crippen LogP contribution in [0.25, 0.3) is 0 Å². The van der Waals surface area contributed by atoms with Crippen LogP contribution < -0.4 is 5.73 Å². The van der Waals surface area contributed by atoms with Crippen LogP contribution in [0.2, 0.25) is 0 Å². The van der Waals surface area contributed by atoms with Crippen molar-refractivity contribution < 1.29 is 4.74 Å². The molecule has 1 saturated heterocycles. The maximum absolute atomic E-state index is 6.93. The van der Waals surface area contributed by atoms with E-state index in [-0.39, 0.29) is 5.54 Å². The van der Waals surface area contributed by atoms with Crippen LogP contribution in [0.5, 0.6) is 0 Å². The van der Waals surface area contributed by atoms with Crippen molar-refractivity contribution in [3.05, 3.63) is 35.9 Å². The topological polar surface area (TPSA) is 35.2 Å². The highest BCUT2D eigenvalue weighted by atomic mass is 16.5. The van der Waals surface area contributed by atoms with Crippen molar-refractivity contribution in [1.29, 1.82) is 0 Å². The first-order chi connectivity index (χ1) is 9.31. The second-order valence-electron chi connectivity index (χ2n) is 6.24. The van der Waals surface area contributed by atoms with Crippen LogP contribution in [0.4, 0.5) is 0 Å². The van der Waals surface area contributed by atoms with Gasteiger partial charge >= 0.3 is 0 Å². The van der Waals surface area contributed by atoms with Gasteiger partial charge in [0.2, 0.25) is 0 Å². The monoisotopic (exact) mass is 259 g/mol. The third kappa shape index (κ3) is 2.56. The molecule has 2 aliphatic rings. The summed E-state index contributed by atoms with van der Waals surface area (Å²) in [7, 11) is 0. The fourth-order valence-electron chi connectivity index (χ4n) is 4.04. The SMILES string of the molecule is NC1(C2CCCOC2)CCCCC1c1ccccc1. The molecule has 0 bridgehead atoms. The molecule has 1 aliphatic carbocycles. The molecule has 2 fully saturated rings. The maximum Gasteiger partial charge on any atom is 0.0512 e. The average Bonchev–Trinajstić information content (AvgIpc) is 2.49. The van der Waals surface area contributed by atoms with E-state index in [0.717, 1.165) is 19.6 Å². The molecule has 19 heavy (non-hydrogen) atoms. The molecule has 0 aromatic heterocycles. The standard InChI is InChI=1S/C17H25NO/c18-17(15-9-6-12-19-13-15)11-5-4-10-16(17)14-7-2-1-3-8-14/h1-3,7-8,15-16H,4-6,9-13,18H2. The van der Waals surface area contributed by atoms with Crippen molar-refractivity contribution in [2.24, 2.45) is 11.7 Å². The van der Waals surface area contributed by atoms with Gasteiger partial charge in [0.25, 0.3) is 0 Å². The van der Waals surface area contributed by atoms with Crippen LogP contribution in [-0.4, -0.2) is 18.8 Å². The molecule has 1 aromatic rings. The second kappa shape index (κ2) is 5.64. The molecule has 3 unspecified atom stereocenters. The number of rotatable bonds is 2. The lowest BCUT2D eigenvalue weighted by Gasteiger charge is -2.48. The summed E-state index contributed by atoms with van der Waals surface area (Å²) in [5.74, 6) is 1.04. The van der Waals surface area contributed by atoms with Gasteiger partial charge in [-0.25, -0.2) is 0 Å². The van der Waals surface area contributed by atoms with Crippen LogP contribution in [0, 0.1) is 5.92 Å². The van der Waals surface area contributed by atoms with Crippen LogP contribution in [0.3, 0.4) is 0 Å². The van der Waals surface area contributed by atoms with Crippen molar-refractivity contribution in [1.82, 2.24) is 0 Å². The molecule has 1 saturated carbocycles. The highest BCUT2D eigenvalue weighted by molar-refractivity contribution is 5.25. The third-order valence-corrected chi connectivity index (χ3v) is 5.12. The summed E-state index contributed by atoms with van der Waals surface area (Å²) in [5, 5.41) is 0. The van der Waals surface area contributed by atoms with E-state index in [1.165, 1.54) is 37.7 Å². The van der Waals surface area contributed by atoms with E-state index in [1.807, 2.05) is 0 Å². The second-order valence-corrected chi connectivity index (χ2v) is 6.24. The van der Waals surface area contributed by atoms with E-state index in [0.29, 0.717) is 11.8 Å². The first-order valence-corrected chi connectivity index (χ1v) is 7.72. The van der Waals surface area contributed by atoms with E-state index in [9.17, 15) is 0 Å². The zero-order valence-electron chi connectivity index (χ0n) is 11.7. The fourth-order valence-corrected chi connectivity index (χ4v) is 4.04. The Morgan fingerprint density at radius 2 is 1.89 bits per heavy atom. The minimum atomic E-state index is -0.0555. The molecular weight excluding hydrogens is 234 g/mol. The Balaban J connectivity index is 1.87. The molecule has 1 aliphatic heterocycles. The van der Waals surface area contributed by atoms with Gasteiger partial charge in [0, 0.05) is 24.0 Å². The number of ether oxygens (including phenoxy) is 1. The maximum atomic E-state index is 6.93. The Morgan fingerprint density at radius 1 is 1.05 bits per heavy atom. The van der Waals surface area contributed by atoms with E-state index in [1.54, 1.807) is 0 Å². The molecule has 0 amide bonds. The lowest BCUT2D eigenvalue weighted by atomic mass is 9.63. The predicted octanol–water partition coefficient (Wildman–Crippen LogP) is 3.47. The molecule has 2 nitrogen and oxygen atoms in total. The molecule has 2 heteroatoms. The summed E-state index contributed by atoms with van der Waals surface area (Å²) in [6.45, 7) is 1.78. The summed E-state index contributed by atoms with van der Waals surface area (Å²) < 4.78 is 5.70. The molecule has 3 atom stereocenters. The first kappa shape index (κ1) is 13.1.